The summed E-state index contributed by atoms with van der Waals surface area (Å²) in [7, 11) is 0. The van der Waals surface area contributed by atoms with E-state index in [1.165, 1.54) is 24.9 Å². The van der Waals surface area contributed by atoms with Crippen LogP contribution in [-0.2, 0) is 4.79 Å². The van der Waals surface area contributed by atoms with Crippen LogP contribution in [0.3, 0.4) is 0 Å². The zero-order valence-corrected chi connectivity index (χ0v) is 19.7. The number of thioether (sulfide) groups is 1. The van der Waals surface area contributed by atoms with Gasteiger partial charge >= 0.3 is 0 Å². The van der Waals surface area contributed by atoms with Crippen LogP contribution in [0.5, 0.6) is 0 Å². The number of rotatable bonds is 8. The third-order valence-corrected chi connectivity index (χ3v) is 6.66. The molecule has 1 unspecified atom stereocenters. The average Bonchev–Trinajstić information content (AvgIpc) is 2.87. The Morgan fingerprint density at radius 2 is 1.82 bits per heavy atom. The second-order valence-electron chi connectivity index (χ2n) is 8.26. The van der Waals surface area contributed by atoms with E-state index >= 15 is 0 Å². The molecule has 1 aliphatic heterocycles. The van der Waals surface area contributed by atoms with Crippen LogP contribution >= 0.6 is 11.8 Å². The van der Waals surface area contributed by atoms with Crippen LogP contribution in [0.25, 0.3) is 10.8 Å². The molecule has 2 N–H and O–H groups in total. The van der Waals surface area contributed by atoms with Crippen LogP contribution in [0.4, 0.5) is 11.4 Å². The first-order valence-electron chi connectivity index (χ1n) is 11.4. The third kappa shape index (κ3) is 5.66. The number of amides is 2. The van der Waals surface area contributed by atoms with Crippen LogP contribution in [0.15, 0.2) is 60.9 Å². The number of piperidine rings is 1. The predicted molar refractivity (Wildman–Crippen MR) is 137 cm³/mol. The molecule has 2 heterocycles. The molecule has 0 saturated carbocycles. The lowest BCUT2D eigenvalue weighted by Crippen LogP contribution is -2.44. The summed E-state index contributed by atoms with van der Waals surface area (Å²) in [5, 5.41) is 7.96. The molecular formula is C26H30N4O2S. The van der Waals surface area contributed by atoms with Gasteiger partial charge in [-0.2, -0.15) is 11.8 Å². The number of anilines is 2. The van der Waals surface area contributed by atoms with E-state index < -0.39 is 6.04 Å². The highest BCUT2D eigenvalue weighted by molar-refractivity contribution is 7.98. The maximum atomic E-state index is 13.2. The topological polar surface area (TPSA) is 74.3 Å². The summed E-state index contributed by atoms with van der Waals surface area (Å²) in [4.78, 5) is 32.7. The van der Waals surface area contributed by atoms with Crippen LogP contribution in [0, 0.1) is 0 Å². The van der Waals surface area contributed by atoms with Gasteiger partial charge in [0, 0.05) is 47.5 Å². The minimum absolute atomic E-state index is 0.218. The maximum absolute atomic E-state index is 13.2. The fraction of sp³-hybridized carbons (Fsp3) is 0.346. The molecule has 0 spiro atoms. The molecule has 172 valence electrons. The Morgan fingerprint density at radius 3 is 2.58 bits per heavy atom. The standard InChI is InChI=1S/C26H30N4O2S/c1-33-17-13-23(29-25(31)19-8-4-2-5-9-19)26(32)28-22-10-11-24(30-15-6-3-7-16-30)20-12-14-27-18-21(20)22/h2,4-5,8-12,14,18,23H,3,6-7,13,15-17H2,1H3,(H,28,32)(H,29,31). The number of nitrogens with zero attached hydrogens (tertiary/aromatic N) is 2. The Bertz CT molecular complexity index is 1100. The van der Waals surface area contributed by atoms with E-state index in [1.807, 2.05) is 36.6 Å². The zero-order chi connectivity index (χ0) is 23.0. The van der Waals surface area contributed by atoms with Crippen molar-refractivity contribution in [2.45, 2.75) is 31.7 Å². The number of hydrogen-bond donors (Lipinski definition) is 2. The van der Waals surface area contributed by atoms with Crippen molar-refractivity contribution in [3.8, 4) is 0 Å². The number of fused-ring (bicyclic) bond motifs is 1. The summed E-state index contributed by atoms with van der Waals surface area (Å²) in [6.45, 7) is 2.09. The first-order valence-corrected chi connectivity index (χ1v) is 12.8. The summed E-state index contributed by atoms with van der Waals surface area (Å²) < 4.78 is 0. The van der Waals surface area contributed by atoms with Gasteiger partial charge in [-0.15, -0.1) is 0 Å². The number of hydrogen-bond acceptors (Lipinski definition) is 5. The second-order valence-corrected chi connectivity index (χ2v) is 9.25. The zero-order valence-electron chi connectivity index (χ0n) is 18.9. The third-order valence-electron chi connectivity index (χ3n) is 6.02. The van der Waals surface area contributed by atoms with E-state index in [1.54, 1.807) is 36.3 Å². The van der Waals surface area contributed by atoms with Gasteiger partial charge in [-0.25, -0.2) is 0 Å². The van der Waals surface area contributed by atoms with E-state index in [0.29, 0.717) is 17.7 Å². The van der Waals surface area contributed by atoms with Crippen molar-refractivity contribution in [1.29, 1.82) is 0 Å². The van der Waals surface area contributed by atoms with E-state index in [2.05, 4.69) is 26.6 Å². The molecule has 1 aromatic heterocycles. The Morgan fingerprint density at radius 1 is 1.03 bits per heavy atom. The monoisotopic (exact) mass is 462 g/mol. The van der Waals surface area contributed by atoms with Crippen LogP contribution in [-0.4, -0.2) is 47.9 Å². The highest BCUT2D eigenvalue weighted by Gasteiger charge is 2.23. The molecule has 4 rings (SSSR count). The molecular weight excluding hydrogens is 432 g/mol. The summed E-state index contributed by atoms with van der Waals surface area (Å²) >= 11 is 1.65. The lowest BCUT2D eigenvalue weighted by molar-refractivity contribution is -0.118. The molecule has 1 aliphatic rings. The Kier molecular flexibility index (Phi) is 7.83. The van der Waals surface area contributed by atoms with Crippen LogP contribution < -0.4 is 15.5 Å². The van der Waals surface area contributed by atoms with Crippen molar-refractivity contribution >= 4 is 45.7 Å². The smallest absolute Gasteiger partial charge is 0.251 e. The molecule has 1 saturated heterocycles. The quantitative estimate of drug-likeness (QED) is 0.507. The lowest BCUT2D eigenvalue weighted by Gasteiger charge is -2.30. The molecule has 0 bridgehead atoms. The molecule has 6 nitrogen and oxygen atoms in total. The van der Waals surface area contributed by atoms with E-state index in [-0.39, 0.29) is 11.8 Å². The van der Waals surface area contributed by atoms with Crippen molar-refractivity contribution in [3.63, 3.8) is 0 Å². The van der Waals surface area contributed by atoms with Gasteiger partial charge in [0.15, 0.2) is 0 Å². The minimum Gasteiger partial charge on any atom is -0.371 e. The molecule has 1 atom stereocenters. The Labute approximate surface area is 199 Å². The highest BCUT2D eigenvalue weighted by atomic mass is 32.2. The first kappa shape index (κ1) is 23.1. The van der Waals surface area contributed by atoms with E-state index in [9.17, 15) is 9.59 Å². The van der Waals surface area contributed by atoms with Crippen molar-refractivity contribution in [3.05, 3.63) is 66.5 Å². The van der Waals surface area contributed by atoms with E-state index in [0.717, 1.165) is 29.6 Å². The van der Waals surface area contributed by atoms with Gasteiger partial charge in [-0.1, -0.05) is 18.2 Å². The number of benzene rings is 2. The minimum atomic E-state index is -0.626. The average molecular weight is 463 g/mol. The number of carbonyl (C=O) groups is 2. The normalized spacial score (nSPS) is 14.6. The van der Waals surface area contributed by atoms with Gasteiger partial charge in [0.1, 0.15) is 6.04 Å². The molecule has 0 aliphatic carbocycles. The highest BCUT2D eigenvalue weighted by Crippen LogP contribution is 2.33. The number of nitrogens with one attached hydrogen (secondary N) is 2. The van der Waals surface area contributed by atoms with Crippen molar-refractivity contribution in [2.24, 2.45) is 0 Å². The SMILES string of the molecule is CSCCC(NC(=O)c1ccccc1)C(=O)Nc1ccc(N2CCCCC2)c2ccncc12. The molecule has 3 aromatic rings. The molecule has 2 aromatic carbocycles. The fourth-order valence-corrected chi connectivity index (χ4v) is 4.72. The van der Waals surface area contributed by atoms with Crippen molar-refractivity contribution < 1.29 is 9.59 Å². The Balaban J connectivity index is 1.56. The van der Waals surface area contributed by atoms with Gasteiger partial charge in [0.2, 0.25) is 5.91 Å². The summed E-state index contributed by atoms with van der Waals surface area (Å²) in [5.74, 6) is 0.302. The Hall–Kier alpha value is -3.06. The largest absolute Gasteiger partial charge is 0.371 e. The van der Waals surface area contributed by atoms with Crippen molar-refractivity contribution in [1.82, 2.24) is 10.3 Å². The van der Waals surface area contributed by atoms with Gasteiger partial charge in [0.05, 0.1) is 5.69 Å². The molecule has 33 heavy (non-hydrogen) atoms. The number of aromatic nitrogens is 1. The van der Waals surface area contributed by atoms with Crippen LogP contribution in [0.1, 0.15) is 36.0 Å². The number of pyridine rings is 1. The molecule has 0 radical (unpaired) electrons. The van der Waals surface area contributed by atoms with Gasteiger partial charge in [-0.3, -0.25) is 14.6 Å². The van der Waals surface area contributed by atoms with Crippen LogP contribution in [0.2, 0.25) is 0 Å². The number of carbonyl (C=O) groups excluding carboxylic acids is 2. The molecule has 7 heteroatoms. The summed E-state index contributed by atoms with van der Waals surface area (Å²) in [6.07, 6.45) is 9.81. The fourth-order valence-electron chi connectivity index (χ4n) is 4.25. The van der Waals surface area contributed by atoms with Gasteiger partial charge in [-0.05, 0) is 68.0 Å². The van der Waals surface area contributed by atoms with E-state index in [4.69, 9.17) is 0 Å². The maximum Gasteiger partial charge on any atom is 0.251 e. The summed E-state index contributed by atoms with van der Waals surface area (Å²) in [5.41, 5.74) is 2.44. The predicted octanol–water partition coefficient (Wildman–Crippen LogP) is 4.72. The van der Waals surface area contributed by atoms with Gasteiger partial charge in [0.25, 0.3) is 5.91 Å². The van der Waals surface area contributed by atoms with Crippen molar-refractivity contribution in [2.75, 3.05) is 35.3 Å². The second kappa shape index (κ2) is 11.2. The first-order chi connectivity index (χ1) is 16.2. The molecule has 1 fully saturated rings. The summed E-state index contributed by atoms with van der Waals surface area (Å²) in [6, 6.07) is 14.4. The van der Waals surface area contributed by atoms with Gasteiger partial charge < -0.3 is 15.5 Å². The molecule has 2 amide bonds. The lowest BCUT2D eigenvalue weighted by atomic mass is 10.0.